The number of benzene rings is 7. The standard InChI is InChI=1S/C63H66N2O8/c1-45-36-55(69-40-49-22-11-5-12-23-49)54(38-53(45)37-47-34-32-46(33-35-47)30-19-31-57(66)65-63(2,3)62(64)67)58-60(71-42-51-26-15-7-16-27-51)61(72-43-52-28-17-8-18-29-52)59(70-41-50-24-13-6-14-25-50)56(73-58)44-68-39-48-20-9-4-10-21-48/h4-30,32-36,38,56,58-61H,31,37,39-44H2,1-3H3,(H2,64,67)(H,65,66)/b30-19+/t56-,58+,59-,60+,61+/m1/s1. The predicted molar refractivity (Wildman–Crippen MR) is 285 cm³/mol. The van der Waals surface area contributed by atoms with Crippen LogP contribution in [-0.4, -0.2) is 48.4 Å². The summed E-state index contributed by atoms with van der Waals surface area (Å²) in [5, 5.41) is 2.69. The maximum Gasteiger partial charge on any atom is 0.242 e. The van der Waals surface area contributed by atoms with Crippen LogP contribution >= 0.6 is 0 Å². The number of nitrogens with one attached hydrogen (secondary N) is 1. The number of hydrogen-bond donors (Lipinski definition) is 2. The van der Waals surface area contributed by atoms with Gasteiger partial charge in [-0.3, -0.25) is 9.59 Å². The molecule has 0 spiro atoms. The molecule has 1 aliphatic rings. The zero-order valence-corrected chi connectivity index (χ0v) is 41.9. The van der Waals surface area contributed by atoms with Gasteiger partial charge in [0.05, 0.1) is 33.0 Å². The van der Waals surface area contributed by atoms with Gasteiger partial charge in [0.15, 0.2) is 0 Å². The van der Waals surface area contributed by atoms with E-state index in [-0.39, 0.29) is 18.9 Å². The van der Waals surface area contributed by atoms with Gasteiger partial charge in [0.2, 0.25) is 11.8 Å². The quantitative estimate of drug-likeness (QED) is 0.0613. The topological polar surface area (TPSA) is 128 Å². The van der Waals surface area contributed by atoms with Gasteiger partial charge >= 0.3 is 0 Å². The summed E-state index contributed by atoms with van der Waals surface area (Å²) >= 11 is 0. The first-order valence-electron chi connectivity index (χ1n) is 25.0. The van der Waals surface area contributed by atoms with E-state index in [1.165, 1.54) is 0 Å². The van der Waals surface area contributed by atoms with Gasteiger partial charge in [-0.2, -0.15) is 0 Å². The van der Waals surface area contributed by atoms with Crippen molar-refractivity contribution in [1.29, 1.82) is 0 Å². The molecule has 8 rings (SSSR count). The molecule has 10 nitrogen and oxygen atoms in total. The van der Waals surface area contributed by atoms with Crippen LogP contribution in [0.15, 0.2) is 194 Å². The first kappa shape index (κ1) is 52.2. The third kappa shape index (κ3) is 15.2. The Morgan fingerprint density at radius 2 is 1.07 bits per heavy atom. The third-order valence-electron chi connectivity index (χ3n) is 13.0. The Morgan fingerprint density at radius 3 is 1.59 bits per heavy atom. The SMILES string of the molecule is Cc1cc(OCc2ccccc2)c([C@@H]2O[C@H](COCc3ccccc3)[C@@H](OCc3ccccc3)[C@H](OCc3ccccc3)[C@H]2OCc2ccccc2)cc1Cc1ccc(/C=C/CC(=O)NC(C)(C)C(N)=O)cc1. The molecule has 10 heteroatoms. The molecule has 0 unspecified atom stereocenters. The number of carbonyl (C=O) groups excluding carboxylic acids is 2. The van der Waals surface area contributed by atoms with Gasteiger partial charge in [-0.15, -0.1) is 0 Å². The second-order valence-corrected chi connectivity index (χ2v) is 19.0. The van der Waals surface area contributed by atoms with Crippen molar-refractivity contribution < 1.29 is 38.0 Å². The van der Waals surface area contributed by atoms with Gasteiger partial charge < -0.3 is 39.5 Å². The number of nitrogens with two attached hydrogens (primary N) is 1. The van der Waals surface area contributed by atoms with Crippen LogP contribution < -0.4 is 15.8 Å². The van der Waals surface area contributed by atoms with Gasteiger partial charge in [-0.25, -0.2) is 0 Å². The zero-order valence-electron chi connectivity index (χ0n) is 41.9. The summed E-state index contributed by atoms with van der Waals surface area (Å²) in [7, 11) is 0. The third-order valence-corrected chi connectivity index (χ3v) is 13.0. The Hall–Kier alpha value is -7.18. The molecule has 0 aromatic heterocycles. The first-order chi connectivity index (χ1) is 35.6. The molecular weight excluding hydrogens is 913 g/mol. The number of primary amides is 1. The second kappa shape index (κ2) is 26.0. The van der Waals surface area contributed by atoms with E-state index in [0.29, 0.717) is 45.2 Å². The van der Waals surface area contributed by atoms with E-state index >= 15 is 0 Å². The molecule has 1 aliphatic heterocycles. The zero-order chi connectivity index (χ0) is 50.8. The van der Waals surface area contributed by atoms with Crippen LogP contribution in [0.1, 0.15) is 82.0 Å². The minimum Gasteiger partial charge on any atom is -0.489 e. The number of aryl methyl sites for hydroxylation is 1. The van der Waals surface area contributed by atoms with Gasteiger partial charge in [0.1, 0.15) is 48.4 Å². The van der Waals surface area contributed by atoms with Crippen LogP contribution in [0.3, 0.4) is 0 Å². The molecule has 376 valence electrons. The highest BCUT2D eigenvalue weighted by Gasteiger charge is 2.50. The molecule has 5 atom stereocenters. The molecule has 3 N–H and O–H groups in total. The number of carbonyl (C=O) groups is 2. The van der Waals surface area contributed by atoms with Crippen molar-refractivity contribution in [2.45, 2.75) is 103 Å². The second-order valence-electron chi connectivity index (χ2n) is 19.0. The van der Waals surface area contributed by atoms with Crippen molar-refractivity contribution in [3.8, 4) is 5.75 Å². The first-order valence-corrected chi connectivity index (χ1v) is 25.0. The summed E-state index contributed by atoms with van der Waals surface area (Å²) in [6, 6.07) is 63.3. The smallest absolute Gasteiger partial charge is 0.242 e. The lowest BCUT2D eigenvalue weighted by atomic mass is 9.87. The van der Waals surface area contributed by atoms with E-state index in [2.05, 4.69) is 97.2 Å². The van der Waals surface area contributed by atoms with Crippen LogP contribution in [0.25, 0.3) is 6.08 Å². The number of ether oxygens (including phenoxy) is 6. The number of hydrogen-bond acceptors (Lipinski definition) is 8. The van der Waals surface area contributed by atoms with Crippen molar-refractivity contribution >= 4 is 17.9 Å². The van der Waals surface area contributed by atoms with E-state index < -0.39 is 42.0 Å². The lowest BCUT2D eigenvalue weighted by molar-refractivity contribution is -0.275. The lowest BCUT2D eigenvalue weighted by Gasteiger charge is -2.46. The fraction of sp³-hybridized carbons (Fsp3) is 0.270. The molecule has 0 aliphatic carbocycles. The predicted octanol–water partition coefficient (Wildman–Crippen LogP) is 11.4. The highest BCUT2D eigenvalue weighted by Crippen LogP contribution is 2.43. The molecule has 2 amide bonds. The van der Waals surface area contributed by atoms with E-state index in [9.17, 15) is 9.59 Å². The number of rotatable bonds is 24. The minimum atomic E-state index is -1.13. The minimum absolute atomic E-state index is 0.108. The van der Waals surface area contributed by atoms with E-state index in [0.717, 1.165) is 55.6 Å². The molecule has 7 aromatic rings. The van der Waals surface area contributed by atoms with Gasteiger partial charge in [0, 0.05) is 12.0 Å². The highest BCUT2D eigenvalue weighted by atomic mass is 16.6. The van der Waals surface area contributed by atoms with Crippen LogP contribution in [-0.2, 0) is 72.7 Å². The lowest BCUT2D eigenvalue weighted by Crippen LogP contribution is -2.58. The van der Waals surface area contributed by atoms with Crippen LogP contribution in [0.2, 0.25) is 0 Å². The van der Waals surface area contributed by atoms with Crippen LogP contribution in [0, 0.1) is 6.92 Å². The fourth-order valence-electron chi connectivity index (χ4n) is 8.79. The average Bonchev–Trinajstić information content (AvgIpc) is 3.41. The summed E-state index contributed by atoms with van der Waals surface area (Å²) < 4.78 is 42.2. The average molecular weight is 979 g/mol. The normalized spacial score (nSPS) is 17.8. The van der Waals surface area contributed by atoms with Crippen molar-refractivity contribution in [2.24, 2.45) is 5.73 Å². The maximum absolute atomic E-state index is 12.6. The fourth-order valence-corrected chi connectivity index (χ4v) is 8.79. The molecule has 7 aromatic carbocycles. The number of amides is 2. The molecule has 73 heavy (non-hydrogen) atoms. The van der Waals surface area contributed by atoms with Crippen molar-refractivity contribution in [1.82, 2.24) is 5.32 Å². The molecule has 1 heterocycles. The van der Waals surface area contributed by atoms with Crippen LogP contribution in [0.4, 0.5) is 0 Å². The monoisotopic (exact) mass is 978 g/mol. The molecule has 1 fully saturated rings. The Balaban J connectivity index is 1.17. The summed E-state index contributed by atoms with van der Waals surface area (Å²) in [4.78, 5) is 24.3. The summed E-state index contributed by atoms with van der Waals surface area (Å²) in [5.41, 5.74) is 14.5. The van der Waals surface area contributed by atoms with Crippen LogP contribution in [0.5, 0.6) is 5.75 Å². The van der Waals surface area contributed by atoms with E-state index in [1.807, 2.05) is 109 Å². The van der Waals surface area contributed by atoms with Crippen molar-refractivity contribution in [3.63, 3.8) is 0 Å². The Kier molecular flexibility index (Phi) is 18.6. The van der Waals surface area contributed by atoms with E-state index in [4.69, 9.17) is 34.2 Å². The highest BCUT2D eigenvalue weighted by molar-refractivity contribution is 5.90. The van der Waals surface area contributed by atoms with Crippen molar-refractivity contribution in [2.75, 3.05) is 6.61 Å². The van der Waals surface area contributed by atoms with Gasteiger partial charge in [0.25, 0.3) is 0 Å². The summed E-state index contributed by atoms with van der Waals surface area (Å²) in [6.07, 6.45) is 1.18. The molecule has 1 saturated heterocycles. The van der Waals surface area contributed by atoms with Gasteiger partial charge in [-0.1, -0.05) is 188 Å². The molecule has 0 bridgehead atoms. The summed E-state index contributed by atoms with van der Waals surface area (Å²) in [5.74, 6) is -0.201. The maximum atomic E-state index is 12.6. The molecule has 0 saturated carbocycles. The van der Waals surface area contributed by atoms with E-state index in [1.54, 1.807) is 19.9 Å². The molecular formula is C63H66N2O8. The Labute approximate surface area is 430 Å². The largest absolute Gasteiger partial charge is 0.489 e. The van der Waals surface area contributed by atoms with Gasteiger partial charge in [-0.05, 0) is 89.4 Å². The summed E-state index contributed by atoms with van der Waals surface area (Å²) in [6.45, 7) is 7.17. The Morgan fingerprint density at radius 1 is 0.589 bits per heavy atom. The molecule has 0 radical (unpaired) electrons. The Bertz CT molecular complexity index is 2830. The van der Waals surface area contributed by atoms with Crippen molar-refractivity contribution in [3.05, 3.63) is 250 Å².